The second-order valence-electron chi connectivity index (χ2n) is 10.5. The van der Waals surface area contributed by atoms with E-state index in [1.807, 2.05) is 35.7 Å². The van der Waals surface area contributed by atoms with Gasteiger partial charge in [0, 0.05) is 29.6 Å². The highest BCUT2D eigenvalue weighted by atomic mass is 35.5. The van der Waals surface area contributed by atoms with Crippen LogP contribution < -0.4 is 11.1 Å². The number of nitrogen functional groups attached to an aromatic ring is 1. The van der Waals surface area contributed by atoms with Crippen LogP contribution in [0.3, 0.4) is 0 Å². The number of nitrogens with two attached hydrogens (primary N) is 1. The molecule has 0 spiro atoms. The molecule has 0 bridgehead atoms. The summed E-state index contributed by atoms with van der Waals surface area (Å²) in [7, 11) is 3.90. The Hall–Kier alpha value is -3.47. The van der Waals surface area contributed by atoms with E-state index < -0.39 is 5.82 Å². The summed E-state index contributed by atoms with van der Waals surface area (Å²) in [5.41, 5.74) is 8.76. The van der Waals surface area contributed by atoms with Crippen molar-refractivity contribution < 1.29 is 13.6 Å². The van der Waals surface area contributed by atoms with Gasteiger partial charge in [-0.05, 0) is 62.8 Å². The van der Waals surface area contributed by atoms with Gasteiger partial charge in [0.1, 0.15) is 11.6 Å². The van der Waals surface area contributed by atoms with E-state index in [1.165, 1.54) is 12.1 Å². The second kappa shape index (κ2) is 12.6. The first-order valence-electron chi connectivity index (χ1n) is 13.6. The van der Waals surface area contributed by atoms with Gasteiger partial charge >= 0.3 is 6.01 Å². The van der Waals surface area contributed by atoms with Gasteiger partial charge < -0.3 is 20.4 Å². The highest BCUT2D eigenvalue weighted by molar-refractivity contribution is 6.31. The molecular weight excluding hydrogens is 568 g/mol. The molecule has 216 valence electrons. The first kappa shape index (κ1) is 29.0. The maximum absolute atomic E-state index is 14.3. The van der Waals surface area contributed by atoms with Crippen LogP contribution in [-0.2, 0) is 11.2 Å². The monoisotopic (exact) mass is 599 g/mol. The van der Waals surface area contributed by atoms with E-state index in [-0.39, 0.29) is 35.2 Å². The summed E-state index contributed by atoms with van der Waals surface area (Å²) in [5, 5.41) is 11.4. The molecule has 1 aliphatic carbocycles. The molecule has 2 heterocycles. The average Bonchev–Trinajstić information content (AvgIpc) is 3.55. The molecule has 0 radical (unpaired) electrons. The van der Waals surface area contributed by atoms with Gasteiger partial charge in [0.2, 0.25) is 5.91 Å². The fourth-order valence-corrected chi connectivity index (χ4v) is 5.60. The van der Waals surface area contributed by atoms with Crippen molar-refractivity contribution in [1.29, 1.82) is 0 Å². The van der Waals surface area contributed by atoms with Crippen molar-refractivity contribution in [2.45, 2.75) is 44.4 Å². The Morgan fingerprint density at radius 1 is 1.15 bits per heavy atom. The lowest BCUT2D eigenvalue weighted by Crippen LogP contribution is -2.32. The van der Waals surface area contributed by atoms with Crippen molar-refractivity contribution in [2.24, 2.45) is 0 Å². The molecule has 2 aromatic heterocycles. The summed E-state index contributed by atoms with van der Waals surface area (Å²) in [6, 6.07) is 9.79. The third-order valence-corrected chi connectivity index (χ3v) is 7.76. The maximum Gasteiger partial charge on any atom is 0.313 e. The van der Waals surface area contributed by atoms with E-state index in [1.54, 1.807) is 12.1 Å². The summed E-state index contributed by atoms with van der Waals surface area (Å²) in [4.78, 5) is 20.1. The zero-order valence-electron chi connectivity index (χ0n) is 23.0. The summed E-state index contributed by atoms with van der Waals surface area (Å²) in [5.74, 6) is 0.344. The molecule has 41 heavy (non-hydrogen) atoms. The van der Waals surface area contributed by atoms with Crippen LogP contribution in [-0.4, -0.2) is 57.7 Å². The number of hydrogen-bond acceptors (Lipinski definition) is 7. The molecule has 1 fully saturated rings. The number of hydrogen-bond donors (Lipinski definition) is 2. The smallest absolute Gasteiger partial charge is 0.313 e. The number of likely N-dealkylation sites (N-methyl/N-ethyl adjacent to an activating group) is 1. The molecule has 0 unspecified atom stereocenters. The van der Waals surface area contributed by atoms with Gasteiger partial charge in [0.05, 0.1) is 22.8 Å². The lowest BCUT2D eigenvalue weighted by Gasteiger charge is -2.24. The van der Waals surface area contributed by atoms with Crippen molar-refractivity contribution in [1.82, 2.24) is 30.0 Å². The van der Waals surface area contributed by atoms with Gasteiger partial charge in [-0.1, -0.05) is 53.6 Å². The number of benzene rings is 2. The molecular formula is C29H32Cl2FN7O2. The molecule has 12 heteroatoms. The van der Waals surface area contributed by atoms with Crippen LogP contribution in [0.15, 0.2) is 40.8 Å². The number of anilines is 1. The van der Waals surface area contributed by atoms with Crippen LogP contribution in [0.25, 0.3) is 28.5 Å². The predicted octanol–water partition coefficient (Wildman–Crippen LogP) is 5.89. The van der Waals surface area contributed by atoms with Crippen LogP contribution in [0.4, 0.5) is 10.4 Å². The van der Waals surface area contributed by atoms with Crippen LogP contribution in [0.5, 0.6) is 0 Å². The van der Waals surface area contributed by atoms with Crippen LogP contribution in [0, 0.1) is 5.82 Å². The van der Waals surface area contributed by atoms with Gasteiger partial charge in [0.25, 0.3) is 5.89 Å². The zero-order valence-corrected chi connectivity index (χ0v) is 24.5. The minimum absolute atomic E-state index is 0.0444. The minimum atomic E-state index is -0.546. The fourth-order valence-electron chi connectivity index (χ4n) is 5.25. The van der Waals surface area contributed by atoms with Gasteiger partial charge in [-0.25, -0.2) is 9.37 Å². The van der Waals surface area contributed by atoms with Gasteiger partial charge in [-0.15, -0.1) is 5.10 Å². The number of halogens is 3. The van der Waals surface area contributed by atoms with Crippen LogP contribution in [0.1, 0.15) is 49.4 Å². The van der Waals surface area contributed by atoms with E-state index in [0.717, 1.165) is 50.0 Å². The number of carbonyl (C=O) groups excluding carboxylic acids is 1. The average molecular weight is 601 g/mol. The molecule has 2 aromatic carbocycles. The Kier molecular flexibility index (Phi) is 8.91. The molecule has 0 aliphatic heterocycles. The highest BCUT2D eigenvalue weighted by Crippen LogP contribution is 2.42. The Bertz CT molecular complexity index is 1550. The summed E-state index contributed by atoms with van der Waals surface area (Å²) < 4.78 is 21.9. The fraction of sp³-hybridized carbons (Fsp3) is 0.379. The molecule has 9 nitrogen and oxygen atoms in total. The summed E-state index contributed by atoms with van der Waals surface area (Å²) >= 11 is 12.8. The van der Waals surface area contributed by atoms with Crippen molar-refractivity contribution in [3.05, 3.63) is 63.6 Å². The van der Waals surface area contributed by atoms with E-state index in [9.17, 15) is 9.18 Å². The number of carbonyl (C=O) groups is 1. The van der Waals surface area contributed by atoms with E-state index in [2.05, 4.69) is 15.5 Å². The first-order valence-corrected chi connectivity index (χ1v) is 14.3. The van der Waals surface area contributed by atoms with Gasteiger partial charge in [0.15, 0.2) is 5.69 Å². The Labute approximate surface area is 247 Å². The standard InChI is InChI=1S/C29H32Cl2FN7O2/c1-38(2)13-12-34-24(40)15-18-8-10-20(30)16-23(18)39-26(19-9-11-22(32)21(31)14-19)25(28-36-37-29(33)41-28)35-27(39)17-6-4-3-5-7-17/h8-11,14,16-17H,3-7,12-13,15H2,1-2H3,(H2,33,37)(H,34,40). The third kappa shape index (κ3) is 6.55. The zero-order chi connectivity index (χ0) is 29.1. The van der Waals surface area contributed by atoms with Crippen molar-refractivity contribution in [3.8, 4) is 28.5 Å². The lowest BCUT2D eigenvalue weighted by atomic mass is 9.88. The van der Waals surface area contributed by atoms with Crippen molar-refractivity contribution in [2.75, 3.05) is 32.9 Å². The molecule has 3 N–H and O–H groups in total. The number of nitrogens with one attached hydrogen (secondary N) is 1. The van der Waals surface area contributed by atoms with Crippen LogP contribution in [0.2, 0.25) is 10.0 Å². The predicted molar refractivity (Wildman–Crippen MR) is 158 cm³/mol. The maximum atomic E-state index is 14.3. The van der Waals surface area contributed by atoms with Crippen molar-refractivity contribution >= 4 is 35.1 Å². The molecule has 4 aromatic rings. The molecule has 1 amide bonds. The summed E-state index contributed by atoms with van der Waals surface area (Å²) in [6.45, 7) is 1.24. The third-order valence-electron chi connectivity index (χ3n) is 7.23. The second-order valence-corrected chi connectivity index (χ2v) is 11.4. The van der Waals surface area contributed by atoms with Crippen LogP contribution >= 0.6 is 23.2 Å². The SMILES string of the molecule is CN(C)CCNC(=O)Cc1ccc(Cl)cc1-n1c(C2CCCCC2)nc(-c2nnc(N)o2)c1-c1ccc(F)c(Cl)c1. The van der Waals surface area contributed by atoms with Gasteiger partial charge in [-0.2, -0.15) is 0 Å². The van der Waals surface area contributed by atoms with E-state index in [4.69, 9.17) is 38.3 Å². The molecule has 0 atom stereocenters. The van der Waals surface area contributed by atoms with E-state index >= 15 is 0 Å². The van der Waals surface area contributed by atoms with Crippen molar-refractivity contribution in [3.63, 3.8) is 0 Å². The van der Waals surface area contributed by atoms with E-state index in [0.29, 0.717) is 34.2 Å². The largest absolute Gasteiger partial charge is 0.402 e. The summed E-state index contributed by atoms with van der Waals surface area (Å²) in [6.07, 6.45) is 5.28. The highest BCUT2D eigenvalue weighted by Gasteiger charge is 2.31. The number of amides is 1. The Balaban J connectivity index is 1.73. The minimum Gasteiger partial charge on any atom is -0.402 e. The molecule has 5 rings (SSSR count). The Morgan fingerprint density at radius 2 is 1.93 bits per heavy atom. The topological polar surface area (TPSA) is 115 Å². The Morgan fingerprint density at radius 3 is 2.61 bits per heavy atom. The molecule has 0 saturated heterocycles. The number of rotatable bonds is 9. The number of aromatic nitrogens is 4. The van der Waals surface area contributed by atoms with Gasteiger partial charge in [-0.3, -0.25) is 9.36 Å². The normalized spacial score (nSPS) is 14.1. The molecule has 1 aliphatic rings. The molecule has 1 saturated carbocycles. The number of imidazole rings is 1. The lowest BCUT2D eigenvalue weighted by molar-refractivity contribution is -0.120. The number of nitrogens with zero attached hydrogens (tertiary/aromatic N) is 5. The quantitative estimate of drug-likeness (QED) is 0.246. The first-order chi connectivity index (χ1) is 19.7.